The molecule has 3 aromatic rings. The number of anilines is 2. The molecule has 3 aromatic carbocycles. The lowest BCUT2D eigenvalue weighted by molar-refractivity contribution is -0.137. The lowest BCUT2D eigenvalue weighted by Gasteiger charge is -2.31. The van der Waals surface area contributed by atoms with Crippen LogP contribution in [0.2, 0.25) is 0 Å². The monoisotopic (exact) mass is 528 g/mol. The van der Waals surface area contributed by atoms with Crippen LogP contribution in [0.3, 0.4) is 0 Å². The van der Waals surface area contributed by atoms with Crippen LogP contribution in [-0.4, -0.2) is 56.8 Å². The summed E-state index contributed by atoms with van der Waals surface area (Å²) < 4.78 is 47.0. The zero-order valence-corrected chi connectivity index (χ0v) is 20.9. The van der Waals surface area contributed by atoms with Crippen molar-refractivity contribution in [1.29, 1.82) is 0 Å². The predicted octanol–water partition coefficient (Wildman–Crippen LogP) is 3.57. The van der Waals surface area contributed by atoms with E-state index >= 15 is 0 Å². The molecule has 37 heavy (non-hydrogen) atoms. The average Bonchev–Trinajstić information content (AvgIpc) is 2.84. The van der Waals surface area contributed by atoms with Gasteiger partial charge in [-0.2, -0.15) is 0 Å². The molecular weight excluding hydrogens is 503 g/mol. The van der Waals surface area contributed by atoms with Crippen LogP contribution < -0.4 is 13.9 Å². The maximum absolute atomic E-state index is 14.4. The zero-order chi connectivity index (χ0) is 27.3. The number of methoxy groups -OCH3 is 1. The SMILES string of the molecule is C#CCN(c1ccc(N(CC(=O)O)S(=O)(=O)c2ccc(OC)c(F)c2)c2ccccc12)[C@@H](C)CC(=O)O. The molecule has 0 aliphatic heterocycles. The second-order valence-electron chi connectivity index (χ2n) is 8.13. The van der Waals surface area contributed by atoms with Gasteiger partial charge in [0.15, 0.2) is 11.6 Å². The molecule has 0 unspecified atom stereocenters. The third-order valence-electron chi connectivity index (χ3n) is 5.71. The summed E-state index contributed by atoms with van der Waals surface area (Å²) in [5.74, 6) is -1.01. The van der Waals surface area contributed by atoms with E-state index in [-0.39, 0.29) is 24.4 Å². The van der Waals surface area contributed by atoms with Gasteiger partial charge in [-0.1, -0.05) is 30.2 Å². The Balaban J connectivity index is 2.23. The Kier molecular flexibility index (Phi) is 8.24. The molecular formula is C26H25FN2O7S. The summed E-state index contributed by atoms with van der Waals surface area (Å²) in [6.45, 7) is 0.858. The van der Waals surface area contributed by atoms with Gasteiger partial charge in [-0.25, -0.2) is 12.8 Å². The molecule has 0 amide bonds. The van der Waals surface area contributed by atoms with Crippen molar-refractivity contribution in [2.24, 2.45) is 0 Å². The van der Waals surface area contributed by atoms with Crippen molar-refractivity contribution in [2.75, 3.05) is 29.4 Å². The van der Waals surface area contributed by atoms with Crippen LogP contribution in [0.4, 0.5) is 15.8 Å². The summed E-state index contributed by atoms with van der Waals surface area (Å²) in [4.78, 5) is 24.3. The molecule has 0 aliphatic rings. The number of rotatable bonds is 11. The van der Waals surface area contributed by atoms with Crippen LogP contribution in [-0.2, 0) is 19.6 Å². The van der Waals surface area contributed by atoms with Crippen molar-refractivity contribution in [2.45, 2.75) is 24.3 Å². The first-order chi connectivity index (χ1) is 17.5. The molecule has 2 N–H and O–H groups in total. The molecule has 3 rings (SSSR count). The maximum Gasteiger partial charge on any atom is 0.324 e. The molecule has 0 heterocycles. The van der Waals surface area contributed by atoms with E-state index in [1.54, 1.807) is 42.2 Å². The fourth-order valence-electron chi connectivity index (χ4n) is 4.03. The Morgan fingerprint density at radius 2 is 1.68 bits per heavy atom. The first-order valence-electron chi connectivity index (χ1n) is 11.0. The lowest BCUT2D eigenvalue weighted by atomic mass is 10.0. The highest BCUT2D eigenvalue weighted by Gasteiger charge is 2.30. The number of aliphatic carboxylic acids is 2. The van der Waals surface area contributed by atoms with Crippen molar-refractivity contribution in [3.05, 3.63) is 60.4 Å². The van der Waals surface area contributed by atoms with E-state index in [1.165, 1.54) is 13.2 Å². The van der Waals surface area contributed by atoms with Crippen LogP contribution in [0.1, 0.15) is 13.3 Å². The largest absolute Gasteiger partial charge is 0.494 e. The quantitative estimate of drug-likeness (QED) is 0.362. The molecule has 9 nitrogen and oxygen atoms in total. The van der Waals surface area contributed by atoms with E-state index in [2.05, 4.69) is 5.92 Å². The second-order valence-corrected chi connectivity index (χ2v) is 9.99. The van der Waals surface area contributed by atoms with E-state index in [0.717, 1.165) is 18.2 Å². The van der Waals surface area contributed by atoms with Gasteiger partial charge < -0.3 is 19.8 Å². The van der Waals surface area contributed by atoms with E-state index in [0.29, 0.717) is 20.8 Å². The molecule has 0 fully saturated rings. The van der Waals surface area contributed by atoms with Gasteiger partial charge >= 0.3 is 11.9 Å². The molecule has 0 saturated carbocycles. The minimum absolute atomic E-state index is 0.0459. The van der Waals surface area contributed by atoms with E-state index in [9.17, 15) is 32.6 Å². The van der Waals surface area contributed by atoms with Crippen LogP contribution >= 0.6 is 0 Å². The number of sulfonamides is 1. The molecule has 0 spiro atoms. The molecule has 1 atom stereocenters. The zero-order valence-electron chi connectivity index (χ0n) is 20.1. The van der Waals surface area contributed by atoms with Crippen molar-refractivity contribution >= 4 is 44.1 Å². The standard InChI is InChI=1S/C26H25FN2O7S/c1-4-13-28(17(2)14-25(30)31)22-10-11-23(20-8-6-5-7-19(20)22)29(16-26(32)33)37(34,35)18-9-12-24(36-3)21(27)15-18/h1,5-12,15,17H,13-14,16H2,2-3H3,(H,30,31)(H,32,33)/t17-/m0/s1. The molecule has 0 aromatic heterocycles. The highest BCUT2D eigenvalue weighted by Crippen LogP contribution is 2.37. The van der Waals surface area contributed by atoms with Crippen LogP contribution in [0.5, 0.6) is 5.75 Å². The fourth-order valence-corrected chi connectivity index (χ4v) is 5.48. The number of halogens is 1. The van der Waals surface area contributed by atoms with E-state index in [4.69, 9.17) is 11.2 Å². The van der Waals surface area contributed by atoms with E-state index < -0.39 is 45.3 Å². The van der Waals surface area contributed by atoms with Gasteiger partial charge in [0, 0.05) is 22.5 Å². The number of hydrogen-bond donors (Lipinski definition) is 2. The Hall–Kier alpha value is -4.30. The number of fused-ring (bicyclic) bond motifs is 1. The van der Waals surface area contributed by atoms with Crippen molar-refractivity contribution < 1.29 is 37.3 Å². The lowest BCUT2D eigenvalue weighted by Crippen LogP contribution is -2.37. The first kappa shape index (κ1) is 27.3. The Bertz CT molecular complexity index is 1480. The average molecular weight is 529 g/mol. The predicted molar refractivity (Wildman–Crippen MR) is 137 cm³/mol. The maximum atomic E-state index is 14.4. The van der Waals surface area contributed by atoms with Gasteiger partial charge in [-0.15, -0.1) is 6.42 Å². The van der Waals surface area contributed by atoms with Crippen LogP contribution in [0.15, 0.2) is 59.5 Å². The smallest absolute Gasteiger partial charge is 0.324 e. The molecule has 11 heteroatoms. The number of terminal acetylenes is 1. The van der Waals surface area contributed by atoms with Gasteiger partial charge in [-0.05, 0) is 37.3 Å². The number of benzene rings is 3. The number of nitrogens with zero attached hydrogens (tertiary/aromatic N) is 2. The van der Waals surface area contributed by atoms with Crippen molar-refractivity contribution in [1.82, 2.24) is 0 Å². The van der Waals surface area contributed by atoms with Crippen molar-refractivity contribution in [3.63, 3.8) is 0 Å². The summed E-state index contributed by atoms with van der Waals surface area (Å²) in [6.07, 6.45) is 5.34. The first-order valence-corrected chi connectivity index (χ1v) is 12.5. The summed E-state index contributed by atoms with van der Waals surface area (Å²) >= 11 is 0. The summed E-state index contributed by atoms with van der Waals surface area (Å²) in [5.41, 5.74) is 0.596. The third-order valence-corrected chi connectivity index (χ3v) is 7.47. The highest BCUT2D eigenvalue weighted by atomic mass is 32.2. The number of carboxylic acid groups (broad SMARTS) is 2. The van der Waals surface area contributed by atoms with Gasteiger partial charge in [0.25, 0.3) is 10.0 Å². The van der Waals surface area contributed by atoms with Gasteiger partial charge in [0.05, 0.1) is 30.7 Å². The van der Waals surface area contributed by atoms with Gasteiger partial charge in [-0.3, -0.25) is 13.9 Å². The Morgan fingerprint density at radius 3 is 2.22 bits per heavy atom. The van der Waals surface area contributed by atoms with E-state index in [1.807, 2.05) is 0 Å². The summed E-state index contributed by atoms with van der Waals surface area (Å²) in [6, 6.07) is 12.2. The number of carboxylic acids is 2. The molecule has 194 valence electrons. The van der Waals surface area contributed by atoms with Crippen LogP contribution in [0.25, 0.3) is 10.8 Å². The third kappa shape index (κ3) is 5.76. The normalized spacial score (nSPS) is 11.9. The molecule has 0 bridgehead atoms. The summed E-state index contributed by atoms with van der Waals surface area (Å²) in [7, 11) is -3.30. The minimum Gasteiger partial charge on any atom is -0.494 e. The van der Waals surface area contributed by atoms with Crippen LogP contribution in [0, 0.1) is 18.2 Å². The topological polar surface area (TPSA) is 124 Å². The summed E-state index contributed by atoms with van der Waals surface area (Å²) in [5, 5.41) is 19.7. The van der Waals surface area contributed by atoms with Gasteiger partial charge in [0.1, 0.15) is 6.54 Å². The number of ether oxygens (including phenoxy) is 1. The highest BCUT2D eigenvalue weighted by molar-refractivity contribution is 7.92. The Morgan fingerprint density at radius 1 is 1.05 bits per heavy atom. The Labute approximate surface area is 213 Å². The molecule has 0 saturated heterocycles. The number of carbonyl (C=O) groups is 2. The minimum atomic E-state index is -4.53. The molecule has 0 radical (unpaired) electrons. The van der Waals surface area contributed by atoms with Gasteiger partial charge in [0.2, 0.25) is 0 Å². The number of hydrogen-bond acceptors (Lipinski definition) is 6. The fraction of sp³-hybridized carbons (Fsp3) is 0.231. The molecule has 0 aliphatic carbocycles. The van der Waals surface area contributed by atoms with Crippen molar-refractivity contribution in [3.8, 4) is 18.1 Å². The second kappa shape index (κ2) is 11.2.